The normalized spacial score (nSPS) is 17.5. The number of ether oxygens (including phenoxy) is 4. The van der Waals surface area contributed by atoms with Crippen LogP contribution in [-0.2, 0) is 28.5 Å². The number of amides is 2. The van der Waals surface area contributed by atoms with E-state index in [0.717, 1.165) is 19.2 Å². The number of methoxy groups -OCH3 is 2. The van der Waals surface area contributed by atoms with E-state index in [2.05, 4.69) is 0 Å². The first-order valence-electron chi connectivity index (χ1n) is 9.82. The van der Waals surface area contributed by atoms with Crippen molar-refractivity contribution in [1.82, 2.24) is 10.0 Å². The lowest BCUT2D eigenvalue weighted by molar-refractivity contribution is -0.175. The van der Waals surface area contributed by atoms with Crippen LogP contribution in [0.2, 0.25) is 0 Å². The third-order valence-electron chi connectivity index (χ3n) is 4.62. The van der Waals surface area contributed by atoms with Gasteiger partial charge in [-0.1, -0.05) is 30.3 Å². The predicted octanol–water partition coefficient (Wildman–Crippen LogP) is 2.83. The highest BCUT2D eigenvalue weighted by Crippen LogP contribution is 2.45. The third-order valence-corrected chi connectivity index (χ3v) is 4.62. The summed E-state index contributed by atoms with van der Waals surface area (Å²) < 4.78 is 20.3. The molecule has 1 unspecified atom stereocenters. The fourth-order valence-electron chi connectivity index (χ4n) is 3.43. The van der Waals surface area contributed by atoms with Crippen LogP contribution in [0.25, 0.3) is 0 Å². The minimum absolute atomic E-state index is 0.309. The van der Waals surface area contributed by atoms with Crippen LogP contribution in [0, 0.1) is 0 Å². The zero-order valence-electron chi connectivity index (χ0n) is 18.5. The Hall–Kier alpha value is -3.30. The molecule has 1 heterocycles. The van der Waals surface area contributed by atoms with Crippen molar-refractivity contribution in [2.24, 2.45) is 0 Å². The van der Waals surface area contributed by atoms with Crippen molar-refractivity contribution in [2.45, 2.75) is 57.9 Å². The molecule has 1 fully saturated rings. The number of hydrogen-bond acceptors (Lipinski definition) is 8. The summed E-state index contributed by atoms with van der Waals surface area (Å²) in [5.41, 5.74) is -1.72. The molecule has 1 saturated heterocycles. The van der Waals surface area contributed by atoms with Crippen molar-refractivity contribution in [2.75, 3.05) is 14.2 Å². The van der Waals surface area contributed by atoms with Crippen molar-refractivity contribution in [1.29, 1.82) is 0 Å². The van der Waals surface area contributed by atoms with Crippen LogP contribution < -0.4 is 0 Å². The molecule has 2 rings (SSSR count). The Balaban J connectivity index is 2.76. The molecular formula is C21H28N2O8. The highest BCUT2D eigenvalue weighted by atomic mass is 16.6. The average Bonchev–Trinajstić information content (AvgIpc) is 3.09. The van der Waals surface area contributed by atoms with Gasteiger partial charge in [-0.05, 0) is 33.3 Å². The topological polar surface area (TPSA) is 112 Å². The van der Waals surface area contributed by atoms with Crippen LogP contribution in [0.5, 0.6) is 0 Å². The summed E-state index contributed by atoms with van der Waals surface area (Å²) in [4.78, 5) is 52.1. The monoisotopic (exact) mass is 436 g/mol. The second-order valence-electron chi connectivity index (χ2n) is 7.50. The Labute approximate surface area is 180 Å². The molecular weight excluding hydrogens is 408 g/mol. The maximum Gasteiger partial charge on any atom is 0.430 e. The van der Waals surface area contributed by atoms with E-state index in [9.17, 15) is 19.2 Å². The molecule has 0 aliphatic carbocycles. The molecule has 2 amide bonds. The Morgan fingerprint density at radius 3 is 1.81 bits per heavy atom. The van der Waals surface area contributed by atoms with E-state index in [1.54, 1.807) is 58.0 Å². The minimum Gasteiger partial charge on any atom is -0.467 e. The SMILES string of the molecule is COC(=O)C1(C(=O)OC)CC(c2ccccc2)N(C(=O)OC(C)C)N1C(=O)OC(C)C. The van der Waals surface area contributed by atoms with Gasteiger partial charge in [0.05, 0.1) is 32.5 Å². The van der Waals surface area contributed by atoms with E-state index < -0.39 is 47.9 Å². The second-order valence-corrected chi connectivity index (χ2v) is 7.50. The van der Waals surface area contributed by atoms with E-state index in [4.69, 9.17) is 18.9 Å². The van der Waals surface area contributed by atoms with Gasteiger partial charge in [-0.15, -0.1) is 0 Å². The summed E-state index contributed by atoms with van der Waals surface area (Å²) in [5.74, 6) is -2.14. The highest BCUT2D eigenvalue weighted by Gasteiger charge is 2.67. The number of esters is 2. The van der Waals surface area contributed by atoms with Crippen LogP contribution in [0.15, 0.2) is 30.3 Å². The molecule has 10 heteroatoms. The number of nitrogens with zero attached hydrogens (tertiary/aromatic N) is 2. The molecule has 170 valence electrons. The van der Waals surface area contributed by atoms with Crippen molar-refractivity contribution in [3.05, 3.63) is 35.9 Å². The highest BCUT2D eigenvalue weighted by molar-refractivity contribution is 6.08. The minimum atomic E-state index is -2.29. The Bertz CT molecular complexity index is 808. The number of rotatable bonds is 5. The Kier molecular flexibility index (Phi) is 7.48. The summed E-state index contributed by atoms with van der Waals surface area (Å²) in [7, 11) is 2.15. The Morgan fingerprint density at radius 1 is 0.871 bits per heavy atom. The van der Waals surface area contributed by atoms with E-state index in [0.29, 0.717) is 10.6 Å². The van der Waals surface area contributed by atoms with E-state index in [1.165, 1.54) is 0 Å². The van der Waals surface area contributed by atoms with Crippen molar-refractivity contribution in [3.63, 3.8) is 0 Å². The number of carbonyl (C=O) groups excluding carboxylic acids is 4. The maximum atomic E-state index is 13.1. The molecule has 31 heavy (non-hydrogen) atoms. The van der Waals surface area contributed by atoms with Gasteiger partial charge in [-0.25, -0.2) is 24.2 Å². The first-order chi connectivity index (χ1) is 14.6. The molecule has 0 aromatic heterocycles. The quantitative estimate of drug-likeness (QED) is 0.394. The standard InChI is InChI=1S/C21H28N2O8/c1-13(2)30-19(26)22-16(15-10-8-7-9-11-15)12-21(17(24)28-5,18(25)29-6)23(22)20(27)31-14(3)4/h7-11,13-14,16H,12H2,1-6H3. The van der Waals surface area contributed by atoms with Crippen LogP contribution in [0.3, 0.4) is 0 Å². The lowest BCUT2D eigenvalue weighted by Gasteiger charge is -2.36. The lowest BCUT2D eigenvalue weighted by Crippen LogP contribution is -2.63. The summed E-state index contributed by atoms with van der Waals surface area (Å²) >= 11 is 0. The van der Waals surface area contributed by atoms with Crippen LogP contribution in [0.4, 0.5) is 9.59 Å². The molecule has 1 aromatic carbocycles. The van der Waals surface area contributed by atoms with Crippen molar-refractivity contribution >= 4 is 24.1 Å². The maximum absolute atomic E-state index is 13.1. The molecule has 0 N–H and O–H groups in total. The van der Waals surface area contributed by atoms with Gasteiger partial charge in [0.2, 0.25) is 0 Å². The van der Waals surface area contributed by atoms with Crippen molar-refractivity contribution in [3.8, 4) is 0 Å². The fraction of sp³-hybridized carbons (Fsp3) is 0.524. The molecule has 0 saturated carbocycles. The first-order valence-corrected chi connectivity index (χ1v) is 9.82. The second kappa shape index (κ2) is 9.67. The smallest absolute Gasteiger partial charge is 0.430 e. The number of benzene rings is 1. The zero-order valence-corrected chi connectivity index (χ0v) is 18.5. The van der Waals surface area contributed by atoms with Gasteiger partial charge in [0.1, 0.15) is 0 Å². The molecule has 0 radical (unpaired) electrons. The molecule has 1 atom stereocenters. The molecule has 1 aromatic rings. The average molecular weight is 436 g/mol. The number of hydrogen-bond donors (Lipinski definition) is 0. The van der Waals surface area contributed by atoms with Gasteiger partial charge in [0.25, 0.3) is 5.54 Å². The van der Waals surface area contributed by atoms with Gasteiger partial charge >= 0.3 is 24.1 Å². The summed E-state index contributed by atoms with van der Waals surface area (Å²) in [6.45, 7) is 6.46. The predicted molar refractivity (Wildman–Crippen MR) is 107 cm³/mol. The van der Waals surface area contributed by atoms with Gasteiger partial charge in [-0.2, -0.15) is 5.01 Å². The van der Waals surface area contributed by atoms with E-state index >= 15 is 0 Å². The Morgan fingerprint density at radius 2 is 1.35 bits per heavy atom. The lowest BCUT2D eigenvalue weighted by atomic mass is 9.90. The van der Waals surface area contributed by atoms with Gasteiger partial charge < -0.3 is 18.9 Å². The molecule has 1 aliphatic heterocycles. The largest absolute Gasteiger partial charge is 0.467 e. The molecule has 1 aliphatic rings. The zero-order chi connectivity index (χ0) is 23.3. The van der Waals surface area contributed by atoms with Crippen LogP contribution >= 0.6 is 0 Å². The summed E-state index contributed by atoms with van der Waals surface area (Å²) in [5, 5.41) is 1.58. The number of hydrazine groups is 1. The fourth-order valence-corrected chi connectivity index (χ4v) is 3.43. The van der Waals surface area contributed by atoms with Crippen LogP contribution in [0.1, 0.15) is 45.7 Å². The van der Waals surface area contributed by atoms with Gasteiger partial charge in [-0.3, -0.25) is 0 Å². The first kappa shape index (κ1) is 24.0. The van der Waals surface area contributed by atoms with E-state index in [-0.39, 0.29) is 6.42 Å². The molecule has 0 bridgehead atoms. The molecule has 10 nitrogen and oxygen atoms in total. The summed E-state index contributed by atoms with van der Waals surface area (Å²) in [6.07, 6.45) is -3.46. The van der Waals surface area contributed by atoms with Crippen LogP contribution in [-0.4, -0.2) is 66.1 Å². The van der Waals surface area contributed by atoms with Crippen molar-refractivity contribution < 1.29 is 38.1 Å². The van der Waals surface area contributed by atoms with Gasteiger partial charge in [0, 0.05) is 6.42 Å². The summed E-state index contributed by atoms with van der Waals surface area (Å²) in [6, 6.07) is 7.73. The van der Waals surface area contributed by atoms with Gasteiger partial charge in [0.15, 0.2) is 0 Å². The number of carbonyl (C=O) groups is 4. The third kappa shape index (κ3) is 4.57. The molecule has 0 spiro atoms. The van der Waals surface area contributed by atoms with E-state index in [1.807, 2.05) is 0 Å².